The topological polar surface area (TPSA) is 86.1 Å². The Hall–Kier alpha value is -3.21. The van der Waals surface area contributed by atoms with Crippen LogP contribution in [0.3, 0.4) is 0 Å². The lowest BCUT2D eigenvalue weighted by Crippen LogP contribution is -2.16. The van der Waals surface area contributed by atoms with Crippen LogP contribution in [0.25, 0.3) is 22.5 Å². The summed E-state index contributed by atoms with van der Waals surface area (Å²) >= 11 is 8.44. The fourth-order valence-corrected chi connectivity index (χ4v) is 5.28. The summed E-state index contributed by atoms with van der Waals surface area (Å²) in [6.45, 7) is 2.51. The predicted octanol–water partition coefficient (Wildman–Crippen LogP) is 6.00. The first-order valence-electron chi connectivity index (χ1n) is 10.5. The number of halogens is 2. The summed E-state index contributed by atoms with van der Waals surface area (Å²) in [5, 5.41) is 14.5. The minimum Gasteiger partial charge on any atom is -0.465 e. The first-order valence-corrected chi connectivity index (χ1v) is 12.7. The van der Waals surface area contributed by atoms with Crippen molar-refractivity contribution in [3.8, 4) is 22.5 Å². The van der Waals surface area contributed by atoms with Crippen molar-refractivity contribution in [2.75, 3.05) is 18.2 Å². The molecule has 180 valence electrons. The lowest BCUT2D eigenvalue weighted by Gasteiger charge is -2.09. The number of benzene rings is 2. The van der Waals surface area contributed by atoms with Crippen molar-refractivity contribution in [1.82, 2.24) is 14.8 Å². The summed E-state index contributed by atoms with van der Waals surface area (Å²) in [5.41, 5.74) is 2.45. The van der Waals surface area contributed by atoms with Gasteiger partial charge in [0.05, 0.1) is 12.9 Å². The fourth-order valence-electron chi connectivity index (χ4n) is 3.38. The first kappa shape index (κ1) is 24.9. The molecular formula is C24H20ClFN4O3S2. The van der Waals surface area contributed by atoms with Gasteiger partial charge in [-0.05, 0) is 48.9 Å². The second kappa shape index (κ2) is 11.0. The van der Waals surface area contributed by atoms with Gasteiger partial charge in [0.25, 0.3) is 0 Å². The molecule has 0 aliphatic rings. The van der Waals surface area contributed by atoms with E-state index in [4.69, 9.17) is 16.3 Å². The van der Waals surface area contributed by atoms with Crippen molar-refractivity contribution >= 4 is 51.6 Å². The van der Waals surface area contributed by atoms with Crippen LogP contribution in [0.4, 0.5) is 9.39 Å². The lowest BCUT2D eigenvalue weighted by molar-refractivity contribution is -0.113. The van der Waals surface area contributed by atoms with E-state index >= 15 is 0 Å². The number of rotatable bonds is 8. The number of ether oxygens (including phenoxy) is 1. The largest absolute Gasteiger partial charge is 0.465 e. The lowest BCUT2D eigenvalue weighted by atomic mass is 10.0. The van der Waals surface area contributed by atoms with Crippen LogP contribution in [0.15, 0.2) is 59.1 Å². The van der Waals surface area contributed by atoms with Crippen LogP contribution in [-0.4, -0.2) is 39.5 Å². The van der Waals surface area contributed by atoms with Gasteiger partial charge in [0, 0.05) is 28.1 Å². The quantitative estimate of drug-likeness (QED) is 0.222. The summed E-state index contributed by atoms with van der Waals surface area (Å²) in [6, 6.07) is 13.1. The van der Waals surface area contributed by atoms with Gasteiger partial charge in [0.15, 0.2) is 11.0 Å². The highest BCUT2D eigenvalue weighted by Gasteiger charge is 2.23. The molecule has 1 amide bonds. The van der Waals surface area contributed by atoms with Crippen molar-refractivity contribution in [2.24, 2.45) is 0 Å². The van der Waals surface area contributed by atoms with Gasteiger partial charge in [0.2, 0.25) is 5.91 Å². The van der Waals surface area contributed by atoms with Crippen molar-refractivity contribution in [1.29, 1.82) is 0 Å². The van der Waals surface area contributed by atoms with Gasteiger partial charge in [0.1, 0.15) is 16.4 Å². The summed E-state index contributed by atoms with van der Waals surface area (Å²) in [7, 11) is 1.30. The van der Waals surface area contributed by atoms with E-state index in [2.05, 4.69) is 15.5 Å². The Labute approximate surface area is 214 Å². The average molecular weight is 531 g/mol. The summed E-state index contributed by atoms with van der Waals surface area (Å²) in [6.07, 6.45) is 0. The Morgan fingerprint density at radius 3 is 2.46 bits per heavy atom. The summed E-state index contributed by atoms with van der Waals surface area (Å²) < 4.78 is 20.1. The number of thiophene rings is 1. The fraction of sp³-hybridized carbons (Fsp3) is 0.167. The Bertz CT molecular complexity index is 1350. The molecule has 4 rings (SSSR count). The molecule has 2 heterocycles. The molecule has 35 heavy (non-hydrogen) atoms. The molecule has 0 saturated heterocycles. The Kier molecular flexibility index (Phi) is 7.84. The standard InChI is InChI=1S/C24H20ClFN4O3S2/c1-3-30-21(15-6-10-17(26)11-7-15)28-29-24(30)35-13-19(31)27-22-20(23(32)33-2)18(12-34-22)14-4-8-16(25)9-5-14/h4-12H,3,13H2,1-2H3,(H,27,31). The van der Waals surface area contributed by atoms with Gasteiger partial charge in [-0.2, -0.15) is 0 Å². The van der Waals surface area contributed by atoms with Crippen molar-refractivity contribution in [3.63, 3.8) is 0 Å². The molecule has 0 radical (unpaired) electrons. The normalized spacial score (nSPS) is 10.9. The van der Waals surface area contributed by atoms with E-state index in [0.717, 1.165) is 11.1 Å². The molecule has 0 aliphatic heterocycles. The smallest absolute Gasteiger partial charge is 0.341 e. The molecule has 0 aliphatic carbocycles. The van der Waals surface area contributed by atoms with E-state index < -0.39 is 5.97 Å². The highest BCUT2D eigenvalue weighted by molar-refractivity contribution is 7.99. The number of aromatic nitrogens is 3. The molecule has 2 aromatic carbocycles. The molecular weight excluding hydrogens is 511 g/mol. The van der Waals surface area contributed by atoms with Gasteiger partial charge in [-0.3, -0.25) is 4.79 Å². The number of carbonyl (C=O) groups excluding carboxylic acids is 2. The van der Waals surface area contributed by atoms with Crippen LogP contribution in [0.1, 0.15) is 17.3 Å². The number of thioether (sulfide) groups is 1. The number of hydrogen-bond acceptors (Lipinski definition) is 7. The molecule has 7 nitrogen and oxygen atoms in total. The number of methoxy groups -OCH3 is 1. The molecule has 0 saturated carbocycles. The number of nitrogens with zero attached hydrogens (tertiary/aromatic N) is 3. The van der Waals surface area contributed by atoms with Crippen LogP contribution in [0.5, 0.6) is 0 Å². The molecule has 0 fully saturated rings. The number of hydrogen-bond donors (Lipinski definition) is 1. The number of esters is 1. The minimum atomic E-state index is -0.547. The van der Waals surface area contributed by atoms with Crippen LogP contribution in [0.2, 0.25) is 5.02 Å². The van der Waals surface area contributed by atoms with Crippen molar-refractivity contribution < 1.29 is 18.7 Å². The molecule has 0 unspecified atom stereocenters. The number of amides is 1. The van der Waals surface area contributed by atoms with Crippen molar-refractivity contribution in [3.05, 3.63) is 70.3 Å². The first-order chi connectivity index (χ1) is 16.9. The van der Waals surface area contributed by atoms with Gasteiger partial charge in [-0.15, -0.1) is 21.5 Å². The second-order valence-electron chi connectivity index (χ2n) is 7.25. The maximum absolute atomic E-state index is 13.3. The highest BCUT2D eigenvalue weighted by Crippen LogP contribution is 2.37. The summed E-state index contributed by atoms with van der Waals surface area (Å²) in [4.78, 5) is 25.3. The van der Waals surface area contributed by atoms with E-state index in [1.54, 1.807) is 41.8 Å². The average Bonchev–Trinajstić information content (AvgIpc) is 3.47. The number of carbonyl (C=O) groups is 2. The molecule has 0 bridgehead atoms. The van der Waals surface area contributed by atoms with Crippen LogP contribution >= 0.6 is 34.7 Å². The Balaban J connectivity index is 1.50. The van der Waals surface area contributed by atoms with E-state index in [1.165, 1.54) is 42.3 Å². The van der Waals surface area contributed by atoms with Crippen LogP contribution in [0, 0.1) is 5.82 Å². The summed E-state index contributed by atoms with van der Waals surface area (Å²) in [5.74, 6) is -0.542. The molecule has 1 N–H and O–H groups in total. The number of nitrogens with one attached hydrogen (secondary N) is 1. The minimum absolute atomic E-state index is 0.0519. The third-order valence-corrected chi connectivity index (χ3v) is 7.17. The Morgan fingerprint density at radius 1 is 1.11 bits per heavy atom. The highest BCUT2D eigenvalue weighted by atomic mass is 35.5. The SMILES string of the molecule is CCn1c(SCC(=O)Nc2scc(-c3ccc(Cl)cc3)c2C(=O)OC)nnc1-c1ccc(F)cc1. The van der Waals surface area contributed by atoms with E-state index in [-0.39, 0.29) is 23.0 Å². The van der Waals surface area contributed by atoms with Gasteiger partial charge < -0.3 is 14.6 Å². The van der Waals surface area contributed by atoms with Crippen molar-refractivity contribution in [2.45, 2.75) is 18.6 Å². The van der Waals surface area contributed by atoms with Gasteiger partial charge in [-0.25, -0.2) is 9.18 Å². The molecule has 4 aromatic rings. The zero-order valence-electron chi connectivity index (χ0n) is 18.7. The molecule has 0 atom stereocenters. The zero-order valence-corrected chi connectivity index (χ0v) is 21.1. The third kappa shape index (κ3) is 5.55. The van der Waals surface area contributed by atoms with Crippen LogP contribution in [-0.2, 0) is 16.1 Å². The monoisotopic (exact) mass is 530 g/mol. The van der Waals surface area contributed by atoms with E-state index in [9.17, 15) is 14.0 Å². The van der Waals surface area contributed by atoms with Crippen LogP contribution < -0.4 is 5.32 Å². The predicted molar refractivity (Wildman–Crippen MR) is 137 cm³/mol. The third-order valence-electron chi connectivity index (χ3n) is 5.06. The molecule has 2 aromatic heterocycles. The second-order valence-corrected chi connectivity index (χ2v) is 9.50. The maximum Gasteiger partial charge on any atom is 0.341 e. The van der Waals surface area contributed by atoms with E-state index in [1.807, 2.05) is 11.5 Å². The van der Waals surface area contributed by atoms with Gasteiger partial charge in [-0.1, -0.05) is 35.5 Å². The van der Waals surface area contributed by atoms with Gasteiger partial charge >= 0.3 is 5.97 Å². The maximum atomic E-state index is 13.3. The van der Waals surface area contributed by atoms with E-state index in [0.29, 0.717) is 33.1 Å². The molecule has 0 spiro atoms. The number of anilines is 1. The Morgan fingerprint density at radius 2 is 1.80 bits per heavy atom. The molecule has 11 heteroatoms. The zero-order chi connectivity index (χ0) is 24.9.